The number of pyridine rings is 1. The average molecular weight is 428 g/mol. The lowest BCUT2D eigenvalue weighted by molar-refractivity contribution is 0.0698. The number of hydrogen-bond donors (Lipinski definition) is 2. The minimum atomic E-state index is -1.04. The molecule has 0 fully saturated rings. The summed E-state index contributed by atoms with van der Waals surface area (Å²) in [6, 6.07) is 11.8. The number of nitrogens with zero attached hydrogens (tertiary/aromatic N) is 5. The third-order valence-corrected chi connectivity index (χ3v) is 5.15. The molecule has 0 amide bonds. The first-order chi connectivity index (χ1) is 15.3. The molecule has 3 aromatic heterocycles. The molecule has 160 valence electrons. The summed E-state index contributed by atoms with van der Waals surface area (Å²) in [5, 5.41) is 26.7. The van der Waals surface area contributed by atoms with Crippen molar-refractivity contribution in [1.82, 2.24) is 19.2 Å². The molecule has 0 saturated heterocycles. The van der Waals surface area contributed by atoms with Gasteiger partial charge in [-0.2, -0.15) is 10.4 Å². The Morgan fingerprint density at radius 1 is 1.28 bits per heavy atom. The molecule has 4 rings (SSSR count). The number of para-hydroxylation sites is 1. The minimum absolute atomic E-state index is 0.0883. The van der Waals surface area contributed by atoms with E-state index in [0.29, 0.717) is 22.6 Å². The highest BCUT2D eigenvalue weighted by molar-refractivity contribution is 5.94. The third kappa shape index (κ3) is 3.58. The summed E-state index contributed by atoms with van der Waals surface area (Å²) in [6.45, 7) is 3.70. The average Bonchev–Trinajstić information content (AvgIpc) is 3.19. The number of fused-ring (bicyclic) bond motifs is 1. The molecule has 4 aromatic rings. The van der Waals surface area contributed by atoms with E-state index in [1.807, 2.05) is 26.0 Å². The van der Waals surface area contributed by atoms with E-state index in [-0.39, 0.29) is 22.9 Å². The summed E-state index contributed by atoms with van der Waals surface area (Å²) in [5.41, 5.74) is 2.50. The van der Waals surface area contributed by atoms with Gasteiger partial charge < -0.3 is 10.4 Å². The summed E-state index contributed by atoms with van der Waals surface area (Å²) in [6.07, 6.45) is 3.35. The van der Waals surface area contributed by atoms with Crippen molar-refractivity contribution < 1.29 is 9.90 Å². The number of aryl methyl sites for hydroxylation is 2. The van der Waals surface area contributed by atoms with Crippen LogP contribution in [-0.2, 0) is 7.05 Å². The van der Waals surface area contributed by atoms with E-state index in [1.165, 1.54) is 10.5 Å². The van der Waals surface area contributed by atoms with Crippen LogP contribution in [0.1, 0.15) is 40.0 Å². The van der Waals surface area contributed by atoms with Gasteiger partial charge in [-0.25, -0.2) is 9.78 Å². The highest BCUT2D eigenvalue weighted by Gasteiger charge is 2.21. The quantitative estimate of drug-likeness (QED) is 0.500. The Hall–Kier alpha value is -4.45. The van der Waals surface area contributed by atoms with Crippen molar-refractivity contribution in [3.8, 4) is 17.5 Å². The standard InChI is InChI=1S/C23H20N6O3/c1-13-10-16(14(2)25-18-7-5-4-6-15(18)23(31)32)21-26-20(19-8-9-28(3)27-19)17(11-24)22(30)29(21)12-13/h4-10,12,14,25H,1-3H3,(H,31,32)/t14-/m1/s1. The largest absolute Gasteiger partial charge is 0.478 e. The van der Waals surface area contributed by atoms with Crippen LogP contribution in [0.5, 0.6) is 0 Å². The van der Waals surface area contributed by atoms with Crippen LogP contribution in [-0.4, -0.2) is 30.2 Å². The van der Waals surface area contributed by atoms with E-state index in [9.17, 15) is 20.0 Å². The maximum atomic E-state index is 13.2. The van der Waals surface area contributed by atoms with Crippen LogP contribution in [0.15, 0.2) is 53.6 Å². The van der Waals surface area contributed by atoms with E-state index < -0.39 is 11.5 Å². The minimum Gasteiger partial charge on any atom is -0.478 e. The Morgan fingerprint density at radius 3 is 2.69 bits per heavy atom. The first kappa shape index (κ1) is 20.8. The van der Waals surface area contributed by atoms with Gasteiger partial charge in [0.25, 0.3) is 5.56 Å². The fourth-order valence-corrected chi connectivity index (χ4v) is 3.66. The maximum Gasteiger partial charge on any atom is 0.337 e. The highest BCUT2D eigenvalue weighted by atomic mass is 16.4. The summed E-state index contributed by atoms with van der Waals surface area (Å²) < 4.78 is 2.93. The molecule has 0 aliphatic heterocycles. The van der Waals surface area contributed by atoms with Gasteiger partial charge in [-0.1, -0.05) is 12.1 Å². The molecule has 3 heterocycles. The van der Waals surface area contributed by atoms with Gasteiger partial charge in [0.1, 0.15) is 28.7 Å². The van der Waals surface area contributed by atoms with Gasteiger partial charge in [-0.3, -0.25) is 13.9 Å². The molecule has 0 spiro atoms. The molecule has 0 aliphatic rings. The summed E-state index contributed by atoms with van der Waals surface area (Å²) >= 11 is 0. The zero-order chi connectivity index (χ0) is 23.0. The topological polar surface area (TPSA) is 125 Å². The normalized spacial score (nSPS) is 11.8. The van der Waals surface area contributed by atoms with E-state index in [1.54, 1.807) is 48.4 Å². The number of hydrogen-bond acceptors (Lipinski definition) is 6. The number of nitrogens with one attached hydrogen (secondary N) is 1. The molecule has 0 radical (unpaired) electrons. The SMILES string of the molecule is Cc1cc([C@@H](C)Nc2ccccc2C(=O)O)c2nc(-c3ccn(C)n3)c(C#N)c(=O)n2c1. The number of aromatic nitrogens is 4. The lowest BCUT2D eigenvalue weighted by atomic mass is 10.1. The van der Waals surface area contributed by atoms with Crippen molar-refractivity contribution in [2.24, 2.45) is 7.05 Å². The van der Waals surface area contributed by atoms with Crippen LogP contribution in [0, 0.1) is 18.3 Å². The Labute approximate surface area is 183 Å². The Balaban J connectivity index is 1.92. The van der Waals surface area contributed by atoms with Gasteiger partial charge in [0.05, 0.1) is 11.6 Å². The predicted octanol–water partition coefficient (Wildman–Crippen LogP) is 3.15. The third-order valence-electron chi connectivity index (χ3n) is 5.15. The molecular weight excluding hydrogens is 408 g/mol. The number of aromatic carboxylic acids is 1. The van der Waals surface area contributed by atoms with E-state index >= 15 is 0 Å². The second-order valence-electron chi connectivity index (χ2n) is 7.51. The van der Waals surface area contributed by atoms with Crippen molar-refractivity contribution in [3.05, 3.63) is 81.4 Å². The second kappa shape index (κ2) is 8.00. The van der Waals surface area contributed by atoms with Crippen LogP contribution < -0.4 is 10.9 Å². The van der Waals surface area contributed by atoms with E-state index in [2.05, 4.69) is 15.4 Å². The molecular formula is C23H20N6O3. The monoisotopic (exact) mass is 428 g/mol. The van der Waals surface area contributed by atoms with E-state index in [4.69, 9.17) is 0 Å². The fraction of sp³-hybridized carbons (Fsp3) is 0.174. The van der Waals surface area contributed by atoms with E-state index in [0.717, 1.165) is 5.56 Å². The Kier molecular flexibility index (Phi) is 5.20. The number of rotatable bonds is 5. The highest BCUT2D eigenvalue weighted by Crippen LogP contribution is 2.27. The maximum absolute atomic E-state index is 13.2. The van der Waals surface area contributed by atoms with Crippen molar-refractivity contribution in [2.75, 3.05) is 5.32 Å². The molecule has 32 heavy (non-hydrogen) atoms. The van der Waals surface area contributed by atoms with Crippen LogP contribution in [0.2, 0.25) is 0 Å². The molecule has 9 heteroatoms. The number of nitriles is 1. The van der Waals surface area contributed by atoms with Crippen molar-refractivity contribution in [2.45, 2.75) is 19.9 Å². The number of anilines is 1. The molecule has 0 unspecified atom stereocenters. The first-order valence-electron chi connectivity index (χ1n) is 9.86. The lowest BCUT2D eigenvalue weighted by Crippen LogP contribution is -2.22. The number of carboxylic acid groups (broad SMARTS) is 1. The van der Waals surface area contributed by atoms with Crippen molar-refractivity contribution in [1.29, 1.82) is 5.26 Å². The van der Waals surface area contributed by atoms with Crippen molar-refractivity contribution >= 4 is 17.3 Å². The van der Waals surface area contributed by atoms with Crippen LogP contribution in [0.25, 0.3) is 17.0 Å². The molecule has 2 N–H and O–H groups in total. The molecule has 0 bridgehead atoms. The second-order valence-corrected chi connectivity index (χ2v) is 7.51. The van der Waals surface area contributed by atoms with Gasteiger partial charge in [-0.05, 0) is 43.7 Å². The van der Waals surface area contributed by atoms with Crippen molar-refractivity contribution in [3.63, 3.8) is 0 Å². The zero-order valence-corrected chi connectivity index (χ0v) is 17.7. The molecule has 0 aliphatic carbocycles. The van der Waals surface area contributed by atoms with Gasteiger partial charge in [0, 0.05) is 30.7 Å². The van der Waals surface area contributed by atoms with Crippen LogP contribution >= 0.6 is 0 Å². The fourth-order valence-electron chi connectivity index (χ4n) is 3.66. The zero-order valence-electron chi connectivity index (χ0n) is 17.7. The summed E-state index contributed by atoms with van der Waals surface area (Å²) in [5.74, 6) is -1.04. The lowest BCUT2D eigenvalue weighted by Gasteiger charge is -2.20. The van der Waals surface area contributed by atoms with Crippen LogP contribution in [0.4, 0.5) is 5.69 Å². The molecule has 0 saturated carbocycles. The number of benzene rings is 1. The molecule has 1 atom stereocenters. The summed E-state index contributed by atoms with van der Waals surface area (Å²) in [4.78, 5) is 29.4. The van der Waals surface area contributed by atoms with Gasteiger partial charge in [0.2, 0.25) is 0 Å². The Morgan fingerprint density at radius 2 is 2.03 bits per heavy atom. The molecule has 1 aromatic carbocycles. The molecule has 9 nitrogen and oxygen atoms in total. The van der Waals surface area contributed by atoms with Gasteiger partial charge in [-0.15, -0.1) is 0 Å². The Bertz CT molecular complexity index is 1460. The first-order valence-corrected chi connectivity index (χ1v) is 9.86. The summed E-state index contributed by atoms with van der Waals surface area (Å²) in [7, 11) is 1.74. The van der Waals surface area contributed by atoms with Gasteiger partial charge in [0.15, 0.2) is 0 Å². The number of carbonyl (C=O) groups is 1. The predicted molar refractivity (Wildman–Crippen MR) is 119 cm³/mol. The van der Waals surface area contributed by atoms with Crippen LogP contribution in [0.3, 0.4) is 0 Å². The van der Waals surface area contributed by atoms with Gasteiger partial charge >= 0.3 is 5.97 Å². The number of carboxylic acids is 1. The smallest absolute Gasteiger partial charge is 0.337 e.